The molecule has 4 nitrogen and oxygen atoms in total. The maximum atomic E-state index is 5.98. The number of aryl methyl sites for hydroxylation is 1. The molecule has 1 aliphatic carbocycles. The van der Waals surface area contributed by atoms with Gasteiger partial charge in [0.2, 0.25) is 0 Å². The highest BCUT2D eigenvalue weighted by molar-refractivity contribution is 6.30. The van der Waals surface area contributed by atoms with Crippen molar-refractivity contribution in [1.82, 2.24) is 15.5 Å². The Bertz CT molecular complexity index is 563. The molecule has 1 saturated carbocycles. The molecule has 1 aromatic heterocycles. The molecule has 0 amide bonds. The number of hydrogen-bond donors (Lipinski definition) is 1. The van der Waals surface area contributed by atoms with Crippen LogP contribution in [0.3, 0.4) is 0 Å². The Morgan fingerprint density at radius 1 is 1.44 bits per heavy atom. The quantitative estimate of drug-likeness (QED) is 0.921. The Labute approximate surface area is 110 Å². The van der Waals surface area contributed by atoms with Crippen molar-refractivity contribution < 1.29 is 4.52 Å². The molecule has 0 saturated heterocycles. The van der Waals surface area contributed by atoms with Crippen LogP contribution in [-0.4, -0.2) is 16.2 Å². The summed E-state index contributed by atoms with van der Waals surface area (Å²) in [5, 5.41) is 8.00. The zero-order chi connectivity index (χ0) is 12.5. The highest BCUT2D eigenvalue weighted by Gasteiger charge is 2.21. The van der Waals surface area contributed by atoms with E-state index in [-0.39, 0.29) is 0 Å². The largest absolute Gasteiger partial charge is 0.334 e. The topological polar surface area (TPSA) is 51.0 Å². The van der Waals surface area contributed by atoms with Crippen molar-refractivity contribution >= 4 is 11.6 Å². The normalized spacial score (nSPS) is 15.0. The molecule has 5 heteroatoms. The second kappa shape index (κ2) is 4.71. The number of rotatable bonds is 4. The first kappa shape index (κ1) is 11.7. The van der Waals surface area contributed by atoms with Crippen molar-refractivity contribution in [2.24, 2.45) is 0 Å². The van der Waals surface area contributed by atoms with Gasteiger partial charge in [-0.15, -0.1) is 0 Å². The maximum absolute atomic E-state index is 5.98. The predicted octanol–water partition coefficient (Wildman–Crippen LogP) is 2.95. The van der Waals surface area contributed by atoms with Gasteiger partial charge in [0, 0.05) is 16.6 Å². The third-order valence-electron chi connectivity index (χ3n) is 3.02. The molecule has 94 valence electrons. The van der Waals surface area contributed by atoms with Crippen molar-refractivity contribution in [2.45, 2.75) is 32.4 Å². The van der Waals surface area contributed by atoms with Crippen LogP contribution in [0.2, 0.25) is 5.02 Å². The molecular formula is C13H14ClN3O. The minimum atomic E-state index is 0.530. The van der Waals surface area contributed by atoms with E-state index in [2.05, 4.69) is 15.5 Å². The van der Waals surface area contributed by atoms with Crippen LogP contribution in [0.15, 0.2) is 22.7 Å². The van der Waals surface area contributed by atoms with Crippen LogP contribution in [0.1, 0.15) is 24.2 Å². The molecule has 1 fully saturated rings. The Kier molecular flexibility index (Phi) is 3.06. The Hall–Kier alpha value is -1.39. The Morgan fingerprint density at radius 2 is 2.28 bits per heavy atom. The number of nitrogens with zero attached hydrogens (tertiary/aromatic N) is 2. The van der Waals surface area contributed by atoms with Gasteiger partial charge in [-0.2, -0.15) is 4.98 Å². The van der Waals surface area contributed by atoms with Gasteiger partial charge in [-0.05, 0) is 37.5 Å². The summed E-state index contributed by atoms with van der Waals surface area (Å²) in [5.74, 6) is 1.22. The van der Waals surface area contributed by atoms with Crippen LogP contribution < -0.4 is 5.32 Å². The lowest BCUT2D eigenvalue weighted by atomic mass is 10.1. The average Bonchev–Trinajstić information content (AvgIpc) is 3.08. The fourth-order valence-electron chi connectivity index (χ4n) is 1.78. The van der Waals surface area contributed by atoms with Gasteiger partial charge in [-0.3, -0.25) is 0 Å². The number of hydrogen-bond acceptors (Lipinski definition) is 4. The first-order chi connectivity index (χ1) is 8.72. The summed E-state index contributed by atoms with van der Waals surface area (Å²) < 4.78 is 5.28. The van der Waals surface area contributed by atoms with Gasteiger partial charge in [0.05, 0.1) is 6.54 Å². The molecule has 3 rings (SSSR count). The maximum Gasteiger partial charge on any atom is 0.258 e. The third-order valence-corrected chi connectivity index (χ3v) is 3.26. The molecule has 2 aromatic rings. The van der Waals surface area contributed by atoms with Crippen molar-refractivity contribution in [1.29, 1.82) is 0 Å². The second-order valence-corrected chi connectivity index (χ2v) is 5.07. The molecule has 0 unspecified atom stereocenters. The third kappa shape index (κ3) is 2.54. The van der Waals surface area contributed by atoms with Gasteiger partial charge in [0.15, 0.2) is 5.82 Å². The van der Waals surface area contributed by atoms with Crippen LogP contribution in [0.4, 0.5) is 0 Å². The SMILES string of the molecule is Cc1ccc(Cl)cc1-c1nc(CNC2CC2)no1. The summed E-state index contributed by atoms with van der Waals surface area (Å²) >= 11 is 5.98. The van der Waals surface area contributed by atoms with Gasteiger partial charge in [-0.25, -0.2) is 0 Å². The van der Waals surface area contributed by atoms with Gasteiger partial charge < -0.3 is 9.84 Å². The molecule has 0 bridgehead atoms. The van der Waals surface area contributed by atoms with Crippen LogP contribution in [0, 0.1) is 6.92 Å². The fraction of sp³-hybridized carbons (Fsp3) is 0.385. The molecule has 18 heavy (non-hydrogen) atoms. The molecule has 1 aromatic carbocycles. The number of halogens is 1. The predicted molar refractivity (Wildman–Crippen MR) is 69.3 cm³/mol. The first-order valence-corrected chi connectivity index (χ1v) is 6.42. The summed E-state index contributed by atoms with van der Waals surface area (Å²) in [7, 11) is 0. The van der Waals surface area contributed by atoms with Crippen molar-refractivity contribution in [3.8, 4) is 11.5 Å². The molecular weight excluding hydrogens is 250 g/mol. The minimum Gasteiger partial charge on any atom is -0.334 e. The van der Waals surface area contributed by atoms with Gasteiger partial charge in [0.25, 0.3) is 5.89 Å². The van der Waals surface area contributed by atoms with Crippen LogP contribution in [0.5, 0.6) is 0 Å². The van der Waals surface area contributed by atoms with Gasteiger partial charge in [0.1, 0.15) is 0 Å². The van der Waals surface area contributed by atoms with E-state index in [1.165, 1.54) is 12.8 Å². The van der Waals surface area contributed by atoms with Crippen LogP contribution >= 0.6 is 11.6 Å². The lowest BCUT2D eigenvalue weighted by Gasteiger charge is -2.00. The van der Waals surface area contributed by atoms with E-state index in [9.17, 15) is 0 Å². The summed E-state index contributed by atoms with van der Waals surface area (Å²) in [6, 6.07) is 6.29. The second-order valence-electron chi connectivity index (χ2n) is 4.63. The lowest BCUT2D eigenvalue weighted by Crippen LogP contribution is -2.16. The highest BCUT2D eigenvalue weighted by Crippen LogP contribution is 2.25. The summed E-state index contributed by atoms with van der Waals surface area (Å²) in [4.78, 5) is 4.38. The Morgan fingerprint density at radius 3 is 3.06 bits per heavy atom. The van der Waals surface area contributed by atoms with Crippen LogP contribution in [0.25, 0.3) is 11.5 Å². The van der Waals surface area contributed by atoms with Gasteiger partial charge in [-0.1, -0.05) is 22.8 Å². The van der Waals surface area contributed by atoms with E-state index in [0.717, 1.165) is 11.1 Å². The molecule has 1 aliphatic rings. The molecule has 0 aliphatic heterocycles. The van der Waals surface area contributed by atoms with Crippen molar-refractivity contribution in [3.05, 3.63) is 34.6 Å². The minimum absolute atomic E-state index is 0.530. The fourth-order valence-corrected chi connectivity index (χ4v) is 1.95. The van der Waals surface area contributed by atoms with E-state index in [1.54, 1.807) is 0 Å². The first-order valence-electron chi connectivity index (χ1n) is 6.05. The molecule has 0 atom stereocenters. The van der Waals surface area contributed by atoms with Gasteiger partial charge >= 0.3 is 0 Å². The highest BCUT2D eigenvalue weighted by atomic mass is 35.5. The van der Waals surface area contributed by atoms with E-state index >= 15 is 0 Å². The summed E-state index contributed by atoms with van der Waals surface area (Å²) in [6.45, 7) is 2.66. The monoisotopic (exact) mass is 263 g/mol. The zero-order valence-electron chi connectivity index (χ0n) is 10.1. The summed E-state index contributed by atoms with van der Waals surface area (Å²) in [5.41, 5.74) is 1.97. The average molecular weight is 264 g/mol. The molecule has 0 spiro atoms. The van der Waals surface area contributed by atoms with E-state index in [4.69, 9.17) is 16.1 Å². The van der Waals surface area contributed by atoms with E-state index in [0.29, 0.717) is 29.3 Å². The summed E-state index contributed by atoms with van der Waals surface area (Å²) in [6.07, 6.45) is 2.50. The molecule has 1 N–H and O–H groups in total. The molecule has 1 heterocycles. The van der Waals surface area contributed by atoms with E-state index in [1.807, 2.05) is 25.1 Å². The van der Waals surface area contributed by atoms with Crippen molar-refractivity contribution in [2.75, 3.05) is 0 Å². The van der Waals surface area contributed by atoms with Crippen molar-refractivity contribution in [3.63, 3.8) is 0 Å². The molecule has 0 radical (unpaired) electrons. The number of nitrogens with one attached hydrogen (secondary N) is 1. The standard InChI is InChI=1S/C13H14ClN3O/c1-8-2-3-9(14)6-11(8)13-16-12(17-18-13)7-15-10-4-5-10/h2-3,6,10,15H,4-5,7H2,1H3. The van der Waals surface area contributed by atoms with E-state index < -0.39 is 0 Å². The Balaban J connectivity index is 1.80. The number of benzene rings is 1. The zero-order valence-corrected chi connectivity index (χ0v) is 10.9. The smallest absolute Gasteiger partial charge is 0.258 e. The lowest BCUT2D eigenvalue weighted by molar-refractivity contribution is 0.419. The number of aromatic nitrogens is 2. The van der Waals surface area contributed by atoms with Crippen LogP contribution in [-0.2, 0) is 6.54 Å².